The van der Waals surface area contributed by atoms with E-state index in [4.69, 9.17) is 15.2 Å². The summed E-state index contributed by atoms with van der Waals surface area (Å²) in [5.41, 5.74) is 5.89. The zero-order chi connectivity index (χ0) is 18.5. The molecule has 0 bridgehead atoms. The molecule has 1 aliphatic heterocycles. The maximum atomic E-state index is 12.6. The Morgan fingerprint density at radius 1 is 1.31 bits per heavy atom. The van der Waals surface area contributed by atoms with E-state index in [0.717, 1.165) is 9.77 Å². The monoisotopic (exact) mass is 393 g/mol. The van der Waals surface area contributed by atoms with Crippen LogP contribution in [0.4, 0.5) is 10.5 Å². The number of amides is 3. The summed E-state index contributed by atoms with van der Waals surface area (Å²) in [7, 11) is 0. The first kappa shape index (κ1) is 18.4. The van der Waals surface area contributed by atoms with E-state index >= 15 is 0 Å². The second-order valence-electron chi connectivity index (χ2n) is 5.53. The van der Waals surface area contributed by atoms with Gasteiger partial charge in [-0.2, -0.15) is 0 Å². The number of ether oxygens (including phenoxy) is 2. The summed E-state index contributed by atoms with van der Waals surface area (Å²) in [5.74, 6) is 1.05. The summed E-state index contributed by atoms with van der Waals surface area (Å²) in [6.07, 6.45) is 2.00. The Balaban J connectivity index is 1.75. The Bertz CT molecular complexity index is 796. The van der Waals surface area contributed by atoms with Gasteiger partial charge in [0.1, 0.15) is 13.2 Å². The number of rotatable bonds is 6. The number of anilines is 1. The summed E-state index contributed by atoms with van der Waals surface area (Å²) < 4.78 is 11.2. The van der Waals surface area contributed by atoms with Crippen LogP contribution in [0, 0.1) is 0 Å². The molecule has 1 aromatic carbocycles. The van der Waals surface area contributed by atoms with Gasteiger partial charge in [0.25, 0.3) is 0 Å². The van der Waals surface area contributed by atoms with Crippen LogP contribution in [-0.2, 0) is 4.79 Å². The Morgan fingerprint density at radius 3 is 2.65 bits per heavy atom. The highest BCUT2D eigenvalue weighted by Crippen LogP contribution is 2.39. The average Bonchev–Trinajstić information content (AvgIpc) is 3.14. The minimum Gasteiger partial charge on any atom is -0.486 e. The SMILES string of the molecule is CSc1cc2c(cc1NC(=O)CC(NC(N)=O)c1cccs1)OCCO2. The molecule has 0 aliphatic carbocycles. The van der Waals surface area contributed by atoms with Crippen LogP contribution in [0.2, 0.25) is 0 Å². The van der Waals surface area contributed by atoms with Crippen LogP contribution >= 0.6 is 23.1 Å². The third kappa shape index (κ3) is 4.41. The van der Waals surface area contributed by atoms with E-state index in [9.17, 15) is 9.59 Å². The molecule has 4 N–H and O–H groups in total. The third-order valence-electron chi connectivity index (χ3n) is 3.73. The number of hydrogen-bond acceptors (Lipinski definition) is 6. The number of carbonyl (C=O) groups excluding carboxylic acids is 2. The van der Waals surface area contributed by atoms with Crippen LogP contribution in [0.1, 0.15) is 17.3 Å². The largest absolute Gasteiger partial charge is 0.486 e. The van der Waals surface area contributed by atoms with E-state index in [1.165, 1.54) is 23.1 Å². The molecule has 9 heteroatoms. The first-order chi connectivity index (χ1) is 12.6. The highest BCUT2D eigenvalue weighted by Gasteiger charge is 2.21. The highest BCUT2D eigenvalue weighted by atomic mass is 32.2. The fourth-order valence-electron chi connectivity index (χ4n) is 2.61. The number of nitrogens with two attached hydrogens (primary N) is 1. The van der Waals surface area contributed by atoms with Crippen molar-refractivity contribution in [1.29, 1.82) is 0 Å². The normalized spacial score (nSPS) is 13.7. The molecule has 2 heterocycles. The molecule has 1 aliphatic rings. The standard InChI is InChI=1S/C17H19N3O4S2/c1-25-15-9-13-12(23-4-5-24-13)7-10(15)19-16(21)8-11(20-17(18)22)14-3-2-6-26-14/h2-3,6-7,9,11H,4-5,8H2,1H3,(H,19,21)(H3,18,20,22). The van der Waals surface area contributed by atoms with Crippen LogP contribution < -0.4 is 25.8 Å². The average molecular weight is 393 g/mol. The van der Waals surface area contributed by atoms with Crippen molar-refractivity contribution in [3.63, 3.8) is 0 Å². The fraction of sp³-hybridized carbons (Fsp3) is 0.294. The van der Waals surface area contributed by atoms with Gasteiger partial charge >= 0.3 is 6.03 Å². The van der Waals surface area contributed by atoms with Gasteiger partial charge in [-0.05, 0) is 23.8 Å². The number of thioether (sulfide) groups is 1. The first-order valence-corrected chi connectivity index (χ1v) is 10.0. The van der Waals surface area contributed by atoms with E-state index in [1.807, 2.05) is 29.8 Å². The summed E-state index contributed by atoms with van der Waals surface area (Å²) >= 11 is 2.96. The number of hydrogen-bond donors (Lipinski definition) is 3. The predicted molar refractivity (Wildman–Crippen MR) is 102 cm³/mol. The van der Waals surface area contributed by atoms with Gasteiger partial charge in [0.15, 0.2) is 11.5 Å². The van der Waals surface area contributed by atoms with E-state index < -0.39 is 12.1 Å². The summed E-state index contributed by atoms with van der Waals surface area (Å²) in [6.45, 7) is 0.982. The van der Waals surface area contributed by atoms with E-state index in [1.54, 1.807) is 6.07 Å². The van der Waals surface area contributed by atoms with Crippen molar-refractivity contribution in [2.75, 3.05) is 24.8 Å². The molecule has 3 amide bonds. The molecule has 1 unspecified atom stereocenters. The number of benzene rings is 1. The maximum Gasteiger partial charge on any atom is 0.312 e. The number of urea groups is 1. The van der Waals surface area contributed by atoms with Crippen LogP contribution in [0.15, 0.2) is 34.5 Å². The molecule has 1 aromatic heterocycles. The molecular weight excluding hydrogens is 374 g/mol. The molecule has 0 radical (unpaired) electrons. The maximum absolute atomic E-state index is 12.6. The Kier molecular flexibility index (Phi) is 5.89. The van der Waals surface area contributed by atoms with E-state index in [0.29, 0.717) is 30.4 Å². The molecular formula is C17H19N3O4S2. The third-order valence-corrected chi connectivity index (χ3v) is 5.49. The molecule has 0 saturated heterocycles. The van der Waals surface area contributed by atoms with Crippen LogP contribution in [0.3, 0.4) is 0 Å². The van der Waals surface area contributed by atoms with Crippen molar-refractivity contribution in [2.24, 2.45) is 5.73 Å². The smallest absolute Gasteiger partial charge is 0.312 e. The number of primary amides is 1. The van der Waals surface area contributed by atoms with Gasteiger partial charge < -0.3 is 25.8 Å². The summed E-state index contributed by atoms with van der Waals surface area (Å²) in [4.78, 5) is 25.6. The number of carbonyl (C=O) groups is 2. The molecule has 1 atom stereocenters. The molecule has 0 fully saturated rings. The van der Waals surface area contributed by atoms with Gasteiger partial charge in [-0.3, -0.25) is 4.79 Å². The predicted octanol–water partition coefficient (Wildman–Crippen LogP) is 2.98. The highest BCUT2D eigenvalue weighted by molar-refractivity contribution is 7.98. The van der Waals surface area contributed by atoms with E-state index in [-0.39, 0.29) is 12.3 Å². The van der Waals surface area contributed by atoms with Crippen molar-refractivity contribution in [2.45, 2.75) is 17.4 Å². The lowest BCUT2D eigenvalue weighted by Gasteiger charge is -2.21. The van der Waals surface area contributed by atoms with E-state index in [2.05, 4.69) is 10.6 Å². The van der Waals surface area contributed by atoms with Crippen LogP contribution in [-0.4, -0.2) is 31.4 Å². The van der Waals surface area contributed by atoms with Gasteiger partial charge in [-0.25, -0.2) is 4.79 Å². The molecule has 3 rings (SSSR count). The van der Waals surface area contributed by atoms with Gasteiger partial charge in [0.05, 0.1) is 18.2 Å². The van der Waals surface area contributed by atoms with Crippen LogP contribution in [0.25, 0.3) is 0 Å². The fourth-order valence-corrected chi connectivity index (χ4v) is 3.94. The molecule has 26 heavy (non-hydrogen) atoms. The molecule has 0 saturated carbocycles. The molecule has 138 valence electrons. The Morgan fingerprint density at radius 2 is 2.04 bits per heavy atom. The lowest BCUT2D eigenvalue weighted by molar-refractivity contribution is -0.116. The first-order valence-electron chi connectivity index (χ1n) is 7.93. The molecule has 2 aromatic rings. The van der Waals surface area contributed by atoms with Crippen molar-refractivity contribution < 1.29 is 19.1 Å². The van der Waals surface area contributed by atoms with Crippen molar-refractivity contribution >= 4 is 40.7 Å². The minimum atomic E-state index is -0.666. The zero-order valence-electron chi connectivity index (χ0n) is 14.1. The zero-order valence-corrected chi connectivity index (χ0v) is 15.7. The van der Waals surface area contributed by atoms with Crippen LogP contribution in [0.5, 0.6) is 11.5 Å². The minimum absolute atomic E-state index is 0.0751. The second-order valence-corrected chi connectivity index (χ2v) is 7.35. The lowest BCUT2D eigenvalue weighted by Crippen LogP contribution is -2.34. The quantitative estimate of drug-likeness (QED) is 0.655. The van der Waals surface area contributed by atoms with Gasteiger partial charge in [0, 0.05) is 15.8 Å². The number of fused-ring (bicyclic) bond motifs is 1. The van der Waals surface area contributed by atoms with Gasteiger partial charge in [0.2, 0.25) is 5.91 Å². The van der Waals surface area contributed by atoms with Gasteiger partial charge in [-0.1, -0.05) is 6.07 Å². The Hall–Kier alpha value is -2.39. The van der Waals surface area contributed by atoms with Crippen molar-refractivity contribution in [1.82, 2.24) is 5.32 Å². The topological polar surface area (TPSA) is 103 Å². The molecule has 0 spiro atoms. The summed E-state index contributed by atoms with van der Waals surface area (Å²) in [6, 6.07) is 6.20. The number of nitrogens with one attached hydrogen (secondary N) is 2. The summed E-state index contributed by atoms with van der Waals surface area (Å²) in [5, 5.41) is 7.39. The van der Waals surface area contributed by atoms with Gasteiger partial charge in [-0.15, -0.1) is 23.1 Å². The van der Waals surface area contributed by atoms with Crippen molar-refractivity contribution in [3.05, 3.63) is 34.5 Å². The van der Waals surface area contributed by atoms with Crippen molar-refractivity contribution in [3.8, 4) is 11.5 Å². The number of thiophene rings is 1. The lowest BCUT2D eigenvalue weighted by atomic mass is 10.1. The second kappa shape index (κ2) is 8.33. The Labute approximate surface area is 159 Å². The molecule has 7 nitrogen and oxygen atoms in total.